The Morgan fingerprint density at radius 3 is 2.35 bits per heavy atom. The molecule has 2 N–H and O–H groups in total. The molecule has 0 bridgehead atoms. The number of halogens is 1. The number of nitriles is 1. The smallest absolute Gasteiger partial charge is 0.262 e. The zero-order chi connectivity index (χ0) is 24.2. The highest BCUT2D eigenvalue weighted by Crippen LogP contribution is 2.15. The van der Waals surface area contributed by atoms with E-state index in [-0.39, 0.29) is 23.9 Å². The number of rotatable bonds is 10. The predicted octanol–water partition coefficient (Wildman–Crippen LogP) is 4.50. The van der Waals surface area contributed by atoms with E-state index in [2.05, 4.69) is 10.6 Å². The Balaban J connectivity index is 1.45. The number of amides is 2. The molecule has 0 radical (unpaired) electrons. The molecular formula is C27H24FN3O3. The predicted molar refractivity (Wildman–Crippen MR) is 128 cm³/mol. The van der Waals surface area contributed by atoms with Gasteiger partial charge in [0.25, 0.3) is 11.8 Å². The van der Waals surface area contributed by atoms with Gasteiger partial charge >= 0.3 is 0 Å². The Morgan fingerprint density at radius 2 is 1.68 bits per heavy atom. The van der Waals surface area contributed by atoms with Gasteiger partial charge in [0, 0.05) is 12.2 Å². The summed E-state index contributed by atoms with van der Waals surface area (Å²) >= 11 is 0. The number of carbonyl (C=O) groups excluding carboxylic acids is 2. The topological polar surface area (TPSA) is 91.2 Å². The third-order valence-electron chi connectivity index (χ3n) is 4.82. The van der Waals surface area contributed by atoms with Gasteiger partial charge in [-0.1, -0.05) is 42.5 Å². The molecule has 3 aromatic carbocycles. The first-order valence-electron chi connectivity index (χ1n) is 10.8. The van der Waals surface area contributed by atoms with Crippen molar-refractivity contribution in [3.63, 3.8) is 0 Å². The molecule has 0 atom stereocenters. The van der Waals surface area contributed by atoms with Crippen LogP contribution in [0.5, 0.6) is 5.75 Å². The summed E-state index contributed by atoms with van der Waals surface area (Å²) < 4.78 is 18.4. The van der Waals surface area contributed by atoms with E-state index in [1.165, 1.54) is 35.9 Å². The van der Waals surface area contributed by atoms with E-state index >= 15 is 0 Å². The van der Waals surface area contributed by atoms with Gasteiger partial charge in [0.2, 0.25) is 0 Å². The normalized spacial score (nSPS) is 10.8. The first-order chi connectivity index (χ1) is 16.5. The molecule has 3 rings (SSSR count). The number of hydrogen-bond acceptors (Lipinski definition) is 4. The number of ether oxygens (including phenoxy) is 1. The molecule has 172 valence electrons. The van der Waals surface area contributed by atoms with Crippen LogP contribution < -0.4 is 15.4 Å². The highest BCUT2D eigenvalue weighted by molar-refractivity contribution is 6.01. The molecule has 0 saturated carbocycles. The molecule has 0 unspecified atom stereocenters. The van der Waals surface area contributed by atoms with E-state index in [1.54, 1.807) is 24.3 Å². The van der Waals surface area contributed by atoms with Gasteiger partial charge < -0.3 is 15.4 Å². The number of nitrogens with zero attached hydrogens (tertiary/aromatic N) is 1. The van der Waals surface area contributed by atoms with Crippen molar-refractivity contribution < 1.29 is 18.7 Å². The van der Waals surface area contributed by atoms with Crippen LogP contribution in [-0.2, 0) is 16.0 Å². The molecule has 6 nitrogen and oxygen atoms in total. The highest BCUT2D eigenvalue weighted by Gasteiger charge is 2.09. The molecule has 2 amide bonds. The van der Waals surface area contributed by atoms with Crippen molar-refractivity contribution in [3.05, 3.63) is 101 Å². The summed E-state index contributed by atoms with van der Waals surface area (Å²) in [5, 5.41) is 14.7. The first-order valence-corrected chi connectivity index (χ1v) is 10.8. The van der Waals surface area contributed by atoms with Crippen LogP contribution in [0.4, 0.5) is 10.1 Å². The fraction of sp³-hybridized carbons (Fsp3) is 0.148. The average Bonchev–Trinajstić information content (AvgIpc) is 2.86. The fourth-order valence-corrected chi connectivity index (χ4v) is 3.09. The van der Waals surface area contributed by atoms with Gasteiger partial charge in [-0.2, -0.15) is 5.26 Å². The summed E-state index contributed by atoms with van der Waals surface area (Å²) in [6, 6.07) is 24.0. The largest absolute Gasteiger partial charge is 0.484 e. The molecule has 34 heavy (non-hydrogen) atoms. The van der Waals surface area contributed by atoms with Crippen LogP contribution in [-0.4, -0.2) is 25.0 Å². The van der Waals surface area contributed by atoms with Gasteiger partial charge in [-0.05, 0) is 66.4 Å². The molecule has 0 aliphatic carbocycles. The Bertz CT molecular complexity index is 1170. The number of nitrogens with one attached hydrogen (secondary N) is 2. The van der Waals surface area contributed by atoms with Crippen molar-refractivity contribution in [1.29, 1.82) is 5.26 Å². The molecule has 0 heterocycles. The Morgan fingerprint density at radius 1 is 0.971 bits per heavy atom. The summed E-state index contributed by atoms with van der Waals surface area (Å²) in [7, 11) is 0. The second-order valence-corrected chi connectivity index (χ2v) is 7.43. The zero-order valence-electron chi connectivity index (χ0n) is 18.5. The van der Waals surface area contributed by atoms with Crippen molar-refractivity contribution in [2.45, 2.75) is 12.8 Å². The van der Waals surface area contributed by atoms with Crippen molar-refractivity contribution in [2.75, 3.05) is 18.5 Å². The van der Waals surface area contributed by atoms with E-state index in [9.17, 15) is 19.2 Å². The minimum absolute atomic E-state index is 0.00653. The second kappa shape index (κ2) is 12.6. The van der Waals surface area contributed by atoms with Crippen LogP contribution in [0, 0.1) is 17.1 Å². The molecule has 0 aromatic heterocycles. The lowest BCUT2D eigenvalue weighted by Gasteiger charge is -2.08. The maximum absolute atomic E-state index is 12.9. The van der Waals surface area contributed by atoms with Crippen molar-refractivity contribution >= 4 is 23.6 Å². The number of carbonyl (C=O) groups is 2. The van der Waals surface area contributed by atoms with Crippen LogP contribution in [0.2, 0.25) is 0 Å². The number of hydrogen-bond donors (Lipinski definition) is 2. The van der Waals surface area contributed by atoms with Crippen LogP contribution in [0.15, 0.2) is 84.4 Å². The van der Waals surface area contributed by atoms with E-state index in [0.717, 1.165) is 12.8 Å². The van der Waals surface area contributed by atoms with Crippen LogP contribution in [0.3, 0.4) is 0 Å². The maximum atomic E-state index is 12.9. The summed E-state index contributed by atoms with van der Waals surface area (Å²) in [6.07, 6.45) is 3.11. The molecular weight excluding hydrogens is 433 g/mol. The fourth-order valence-electron chi connectivity index (χ4n) is 3.09. The molecule has 7 heteroatoms. The first kappa shape index (κ1) is 24.2. The summed E-state index contributed by atoms with van der Waals surface area (Å²) in [4.78, 5) is 24.3. The van der Waals surface area contributed by atoms with Gasteiger partial charge in [0.1, 0.15) is 23.2 Å². The summed E-state index contributed by atoms with van der Waals surface area (Å²) in [6.45, 7) is 0.251. The van der Waals surface area contributed by atoms with Crippen LogP contribution >= 0.6 is 0 Å². The van der Waals surface area contributed by atoms with E-state index in [1.807, 2.05) is 36.4 Å². The Labute approximate surface area is 197 Å². The van der Waals surface area contributed by atoms with Crippen molar-refractivity contribution in [3.8, 4) is 11.8 Å². The molecule has 0 saturated heterocycles. The van der Waals surface area contributed by atoms with Crippen LogP contribution in [0.1, 0.15) is 17.5 Å². The summed E-state index contributed by atoms with van der Waals surface area (Å²) in [5.41, 5.74) is 2.33. The van der Waals surface area contributed by atoms with Crippen molar-refractivity contribution in [2.24, 2.45) is 0 Å². The maximum Gasteiger partial charge on any atom is 0.262 e. The third-order valence-corrected chi connectivity index (χ3v) is 4.82. The molecule has 0 aliphatic heterocycles. The van der Waals surface area contributed by atoms with E-state index < -0.39 is 5.91 Å². The van der Waals surface area contributed by atoms with Gasteiger partial charge in [0.15, 0.2) is 6.61 Å². The van der Waals surface area contributed by atoms with Gasteiger partial charge in [0.05, 0.1) is 0 Å². The standard InChI is InChI=1S/C27H24FN3O3/c28-23-10-12-24(13-11-23)31-26(32)19-34-25-14-8-21(9-15-25)17-22(18-29)27(33)30-16-4-7-20-5-2-1-3-6-20/h1-3,5-6,8-15,17H,4,7,16,19H2,(H,30,33)(H,31,32)/b22-17-. The molecule has 0 fully saturated rings. The van der Waals surface area contributed by atoms with E-state index in [0.29, 0.717) is 23.5 Å². The molecule has 0 spiro atoms. The SMILES string of the molecule is N#C/C(=C/c1ccc(OCC(=O)Nc2ccc(F)cc2)cc1)C(=O)NCCCc1ccccc1. The van der Waals surface area contributed by atoms with Crippen LogP contribution in [0.25, 0.3) is 6.08 Å². The van der Waals surface area contributed by atoms with E-state index in [4.69, 9.17) is 4.74 Å². The monoisotopic (exact) mass is 457 g/mol. The third kappa shape index (κ3) is 7.92. The molecule has 3 aromatic rings. The van der Waals surface area contributed by atoms with Crippen molar-refractivity contribution in [1.82, 2.24) is 5.32 Å². The van der Waals surface area contributed by atoms with Gasteiger partial charge in [-0.15, -0.1) is 0 Å². The van der Waals surface area contributed by atoms with Gasteiger partial charge in [-0.25, -0.2) is 4.39 Å². The highest BCUT2D eigenvalue weighted by atomic mass is 19.1. The number of aryl methyl sites for hydroxylation is 1. The van der Waals surface area contributed by atoms with Gasteiger partial charge in [-0.3, -0.25) is 9.59 Å². The summed E-state index contributed by atoms with van der Waals surface area (Å²) in [5.74, 6) is -0.738. The Hall–Kier alpha value is -4.44. The Kier molecular flexibility index (Phi) is 8.94. The lowest BCUT2D eigenvalue weighted by atomic mass is 10.1. The minimum atomic E-state index is -0.423. The number of anilines is 1. The minimum Gasteiger partial charge on any atom is -0.484 e. The average molecular weight is 458 g/mol. The lowest BCUT2D eigenvalue weighted by molar-refractivity contribution is -0.118. The molecule has 0 aliphatic rings. The number of benzene rings is 3. The zero-order valence-corrected chi connectivity index (χ0v) is 18.5. The lowest BCUT2D eigenvalue weighted by Crippen LogP contribution is -2.25. The second-order valence-electron chi connectivity index (χ2n) is 7.43. The quantitative estimate of drug-likeness (QED) is 0.266.